The number of nitrogens with two attached hydrogens (primary N) is 1. The lowest BCUT2D eigenvalue weighted by molar-refractivity contribution is -0.153. The van der Waals surface area contributed by atoms with Crippen molar-refractivity contribution in [2.75, 3.05) is 39.5 Å². The number of hydrogen-bond acceptors (Lipinski definition) is 4. The normalized spacial score (nSPS) is 29.7. The number of carbonyl (C=O) groups excluding carboxylic acids is 1. The highest BCUT2D eigenvalue weighted by Crippen LogP contribution is 2.58. The van der Waals surface area contributed by atoms with E-state index in [0.29, 0.717) is 31.0 Å². The average molecular weight is 403 g/mol. The van der Waals surface area contributed by atoms with E-state index >= 15 is 0 Å². The van der Waals surface area contributed by atoms with Crippen LogP contribution >= 0.6 is 0 Å². The summed E-state index contributed by atoms with van der Waals surface area (Å²) in [5, 5.41) is 0. The first kappa shape index (κ1) is 20.4. The molecule has 6 heteroatoms. The first-order valence-electron chi connectivity index (χ1n) is 10.7. The number of hydrogen-bond donors (Lipinski definition) is 1. The number of nitrogens with zero attached hydrogens (tertiary/aromatic N) is 1. The third-order valence-electron chi connectivity index (χ3n) is 7.31. The van der Waals surface area contributed by atoms with Gasteiger partial charge in [0.05, 0.1) is 19.5 Å². The molecule has 1 heterocycles. The topological polar surface area (TPSA) is 64.8 Å². The maximum atomic E-state index is 13.2. The predicted octanol–water partition coefficient (Wildman–Crippen LogP) is 3.33. The molecule has 1 saturated heterocycles. The quantitative estimate of drug-likeness (QED) is 0.793. The molecule has 158 valence electrons. The molecule has 0 unspecified atom stereocenters. The molecule has 2 bridgehead atoms. The summed E-state index contributed by atoms with van der Waals surface area (Å²) >= 11 is 0. The van der Waals surface area contributed by atoms with Crippen LogP contribution in [0.1, 0.15) is 44.1 Å². The summed E-state index contributed by atoms with van der Waals surface area (Å²) in [7, 11) is 0. The predicted molar refractivity (Wildman–Crippen MR) is 109 cm³/mol. The SMILES string of the molecule is NC/C(=C\F)COc1ccc(C23CCC(C(=O)N4CCOCC4)(CC2)CC3)cc1. The molecule has 5 rings (SSSR count). The number of benzene rings is 1. The van der Waals surface area contributed by atoms with E-state index in [4.69, 9.17) is 15.2 Å². The fourth-order valence-corrected chi connectivity index (χ4v) is 5.26. The van der Waals surface area contributed by atoms with Gasteiger partial charge in [0.15, 0.2) is 0 Å². The Balaban J connectivity index is 1.40. The van der Waals surface area contributed by atoms with Gasteiger partial charge in [-0.15, -0.1) is 0 Å². The minimum atomic E-state index is -0.153. The largest absolute Gasteiger partial charge is 0.489 e. The molecule has 1 amide bonds. The summed E-state index contributed by atoms with van der Waals surface area (Å²) in [5.74, 6) is 1.08. The van der Waals surface area contributed by atoms with Crippen LogP contribution < -0.4 is 10.5 Å². The van der Waals surface area contributed by atoms with Gasteiger partial charge in [0.2, 0.25) is 5.91 Å². The standard InChI is InChI=1S/C23H31FN2O3/c24-15-18(16-25)17-29-20-3-1-19(2-4-20)22-5-8-23(9-6-22,10-7-22)21(27)26-11-13-28-14-12-26/h1-4,15H,5-14,16-17,25H2/b18-15+. The lowest BCUT2D eigenvalue weighted by atomic mass is 9.51. The molecule has 0 radical (unpaired) electrons. The van der Waals surface area contributed by atoms with Crippen LogP contribution in [0.3, 0.4) is 0 Å². The molecule has 3 aliphatic carbocycles. The van der Waals surface area contributed by atoms with E-state index in [1.165, 1.54) is 5.56 Å². The van der Waals surface area contributed by atoms with Gasteiger partial charge in [0.1, 0.15) is 12.4 Å². The fourth-order valence-electron chi connectivity index (χ4n) is 5.26. The van der Waals surface area contributed by atoms with Crippen molar-refractivity contribution >= 4 is 5.91 Å². The molecule has 29 heavy (non-hydrogen) atoms. The summed E-state index contributed by atoms with van der Waals surface area (Å²) in [5.41, 5.74) is 7.26. The fraction of sp³-hybridized carbons (Fsp3) is 0.609. The molecule has 1 aromatic carbocycles. The smallest absolute Gasteiger partial charge is 0.228 e. The molecule has 4 aliphatic rings. The Morgan fingerprint density at radius 1 is 1.10 bits per heavy atom. The molecule has 5 nitrogen and oxygen atoms in total. The molecular formula is C23H31FN2O3. The van der Waals surface area contributed by atoms with Gasteiger partial charge >= 0.3 is 0 Å². The van der Waals surface area contributed by atoms with E-state index in [0.717, 1.165) is 57.4 Å². The van der Waals surface area contributed by atoms with Gasteiger partial charge in [-0.2, -0.15) is 0 Å². The third kappa shape index (κ3) is 3.92. The molecule has 4 fully saturated rings. The summed E-state index contributed by atoms with van der Waals surface area (Å²) in [6, 6.07) is 8.20. The Kier molecular flexibility index (Phi) is 5.93. The van der Waals surface area contributed by atoms with E-state index < -0.39 is 0 Å². The van der Waals surface area contributed by atoms with Crippen LogP contribution in [0.25, 0.3) is 0 Å². The zero-order chi connectivity index (χ0) is 20.3. The molecule has 0 atom stereocenters. The highest BCUT2D eigenvalue weighted by atomic mass is 19.1. The summed E-state index contributed by atoms with van der Waals surface area (Å²) in [6.45, 7) is 3.11. The van der Waals surface area contributed by atoms with Crippen molar-refractivity contribution in [3.63, 3.8) is 0 Å². The molecule has 1 aromatic rings. The molecule has 2 N–H and O–H groups in total. The van der Waals surface area contributed by atoms with E-state index in [9.17, 15) is 9.18 Å². The van der Waals surface area contributed by atoms with Crippen molar-refractivity contribution in [1.29, 1.82) is 0 Å². The van der Waals surface area contributed by atoms with Crippen molar-refractivity contribution in [2.45, 2.75) is 43.9 Å². The highest BCUT2D eigenvalue weighted by Gasteiger charge is 2.53. The van der Waals surface area contributed by atoms with Crippen LogP contribution in [0.2, 0.25) is 0 Å². The summed E-state index contributed by atoms with van der Waals surface area (Å²) < 4.78 is 23.7. The zero-order valence-electron chi connectivity index (χ0n) is 17.0. The number of ether oxygens (including phenoxy) is 2. The zero-order valence-corrected chi connectivity index (χ0v) is 17.0. The Morgan fingerprint density at radius 2 is 1.72 bits per heavy atom. The second-order valence-corrected chi connectivity index (χ2v) is 8.75. The van der Waals surface area contributed by atoms with Gasteiger partial charge in [-0.3, -0.25) is 4.79 Å². The summed E-state index contributed by atoms with van der Waals surface area (Å²) in [6.07, 6.45) is 6.62. The van der Waals surface area contributed by atoms with E-state index in [1.807, 2.05) is 17.0 Å². The van der Waals surface area contributed by atoms with Crippen LogP contribution in [0.5, 0.6) is 5.75 Å². The minimum Gasteiger partial charge on any atom is -0.489 e. The number of morpholine rings is 1. The second kappa shape index (κ2) is 8.44. The Morgan fingerprint density at radius 3 is 2.28 bits per heavy atom. The van der Waals surface area contributed by atoms with Crippen LogP contribution in [-0.2, 0) is 14.9 Å². The average Bonchev–Trinajstić information content (AvgIpc) is 2.81. The maximum absolute atomic E-state index is 13.2. The monoisotopic (exact) mass is 402 g/mol. The lowest BCUT2D eigenvalue weighted by Crippen LogP contribution is -2.54. The molecule has 3 saturated carbocycles. The van der Waals surface area contributed by atoms with Gasteiger partial charge in [0.25, 0.3) is 0 Å². The van der Waals surface area contributed by atoms with Crippen LogP contribution in [0, 0.1) is 5.41 Å². The molecular weight excluding hydrogens is 371 g/mol. The number of fused-ring (bicyclic) bond motifs is 3. The molecule has 1 aliphatic heterocycles. The van der Waals surface area contributed by atoms with Crippen molar-refractivity contribution in [2.24, 2.45) is 11.1 Å². The number of amides is 1. The molecule has 0 aromatic heterocycles. The highest BCUT2D eigenvalue weighted by molar-refractivity contribution is 5.83. The van der Waals surface area contributed by atoms with E-state index in [1.54, 1.807) is 0 Å². The molecule has 0 spiro atoms. The Labute approximate surface area is 172 Å². The van der Waals surface area contributed by atoms with Gasteiger partial charge in [-0.05, 0) is 61.6 Å². The van der Waals surface area contributed by atoms with E-state index in [2.05, 4.69) is 12.1 Å². The van der Waals surface area contributed by atoms with Crippen LogP contribution in [0.4, 0.5) is 4.39 Å². The van der Waals surface area contributed by atoms with E-state index in [-0.39, 0.29) is 24.0 Å². The van der Waals surface area contributed by atoms with Gasteiger partial charge in [-0.25, -0.2) is 4.39 Å². The van der Waals surface area contributed by atoms with Crippen LogP contribution in [0.15, 0.2) is 36.2 Å². The first-order valence-corrected chi connectivity index (χ1v) is 10.7. The second-order valence-electron chi connectivity index (χ2n) is 8.75. The van der Waals surface area contributed by atoms with Gasteiger partial charge in [0, 0.05) is 30.6 Å². The van der Waals surface area contributed by atoms with Crippen LogP contribution in [-0.4, -0.2) is 50.3 Å². The number of rotatable bonds is 6. The first-order chi connectivity index (χ1) is 14.1. The van der Waals surface area contributed by atoms with Gasteiger partial charge in [-0.1, -0.05) is 12.1 Å². The van der Waals surface area contributed by atoms with Gasteiger partial charge < -0.3 is 20.1 Å². The third-order valence-corrected chi connectivity index (χ3v) is 7.31. The number of halogens is 1. The Bertz CT molecular complexity index is 731. The van der Waals surface area contributed by atoms with Crippen molar-refractivity contribution < 1.29 is 18.7 Å². The lowest BCUT2D eigenvalue weighted by Gasteiger charge is -2.54. The van der Waals surface area contributed by atoms with Crippen molar-refractivity contribution in [3.05, 3.63) is 41.7 Å². The summed E-state index contributed by atoms with van der Waals surface area (Å²) in [4.78, 5) is 15.2. The minimum absolute atomic E-state index is 0.153. The maximum Gasteiger partial charge on any atom is 0.228 e. The van der Waals surface area contributed by atoms with Crippen molar-refractivity contribution in [3.8, 4) is 5.75 Å². The Hall–Kier alpha value is -1.92. The number of carbonyl (C=O) groups is 1. The van der Waals surface area contributed by atoms with Crippen molar-refractivity contribution in [1.82, 2.24) is 4.90 Å².